The number of hydrogen-bond acceptors (Lipinski definition) is 7. The van der Waals surface area contributed by atoms with E-state index in [9.17, 15) is 19.2 Å². The van der Waals surface area contributed by atoms with Crippen LogP contribution >= 0.6 is 11.6 Å². The first-order valence-electron chi connectivity index (χ1n) is 14.8. The number of amides is 3. The van der Waals surface area contributed by atoms with Gasteiger partial charge < -0.3 is 29.5 Å². The van der Waals surface area contributed by atoms with Gasteiger partial charge in [0.05, 0.1) is 19.6 Å². The minimum absolute atomic E-state index is 0.00780. The summed E-state index contributed by atoms with van der Waals surface area (Å²) in [6, 6.07) is 12.6. The molecule has 10 nitrogen and oxygen atoms in total. The molecule has 2 aliphatic heterocycles. The molecule has 0 bridgehead atoms. The first-order chi connectivity index (χ1) is 20.4. The van der Waals surface area contributed by atoms with Crippen molar-refractivity contribution in [2.75, 3.05) is 50.8 Å². The lowest BCUT2D eigenvalue weighted by Crippen LogP contribution is -2.50. The number of benzene rings is 2. The maximum absolute atomic E-state index is 13.5. The van der Waals surface area contributed by atoms with Gasteiger partial charge in [0.25, 0.3) is 5.91 Å². The Bertz CT molecular complexity index is 1340. The van der Waals surface area contributed by atoms with Crippen LogP contribution in [0.4, 0.5) is 10.5 Å². The molecule has 3 amide bonds. The number of piperazine rings is 1. The van der Waals surface area contributed by atoms with Crippen LogP contribution in [0.15, 0.2) is 42.5 Å². The van der Waals surface area contributed by atoms with E-state index >= 15 is 0 Å². The van der Waals surface area contributed by atoms with Crippen molar-refractivity contribution in [2.24, 2.45) is 0 Å². The largest absolute Gasteiger partial charge is 0.466 e. The molecule has 0 aliphatic carbocycles. The van der Waals surface area contributed by atoms with Crippen molar-refractivity contribution < 1.29 is 28.7 Å². The summed E-state index contributed by atoms with van der Waals surface area (Å²) in [5.74, 6) is -0.978. The minimum Gasteiger partial charge on any atom is -0.466 e. The molecule has 2 aromatic rings. The van der Waals surface area contributed by atoms with E-state index in [1.54, 1.807) is 22.8 Å². The lowest BCUT2D eigenvalue weighted by Gasteiger charge is -2.37. The Morgan fingerprint density at radius 3 is 2.42 bits per heavy atom. The fourth-order valence-electron chi connectivity index (χ4n) is 5.30. The van der Waals surface area contributed by atoms with Crippen LogP contribution in [0.5, 0.6) is 0 Å². The summed E-state index contributed by atoms with van der Waals surface area (Å²) in [6.45, 7) is 10.1. The molecule has 1 N–H and O–H groups in total. The smallest absolute Gasteiger partial charge is 0.410 e. The number of carbonyl (C=O) groups is 4. The average Bonchev–Trinajstić information content (AvgIpc) is 2.95. The zero-order chi connectivity index (χ0) is 31.1. The van der Waals surface area contributed by atoms with Gasteiger partial charge >= 0.3 is 12.1 Å². The third kappa shape index (κ3) is 8.86. The number of carbonyl (C=O) groups excluding carboxylic acids is 4. The van der Waals surface area contributed by atoms with E-state index in [-0.39, 0.29) is 37.5 Å². The molecule has 43 heavy (non-hydrogen) atoms. The Morgan fingerprint density at radius 2 is 1.74 bits per heavy atom. The molecule has 0 radical (unpaired) electrons. The molecular formula is C32H41ClN4O6. The molecule has 2 aliphatic rings. The van der Waals surface area contributed by atoms with Gasteiger partial charge in [0, 0.05) is 55.0 Å². The molecule has 0 aromatic heterocycles. The van der Waals surface area contributed by atoms with Crippen LogP contribution in [0.25, 0.3) is 0 Å². The normalized spacial score (nSPS) is 15.9. The first-order valence-corrected chi connectivity index (χ1v) is 15.1. The van der Waals surface area contributed by atoms with Gasteiger partial charge in [-0.25, -0.2) is 4.79 Å². The Hall–Kier alpha value is -3.79. The second kappa shape index (κ2) is 14.1. The van der Waals surface area contributed by atoms with Crippen molar-refractivity contribution in [3.05, 3.63) is 64.2 Å². The summed E-state index contributed by atoms with van der Waals surface area (Å²) < 4.78 is 10.6. The quantitative estimate of drug-likeness (QED) is 0.425. The van der Waals surface area contributed by atoms with Gasteiger partial charge in [-0.3, -0.25) is 14.4 Å². The number of rotatable bonds is 9. The van der Waals surface area contributed by atoms with Crippen molar-refractivity contribution in [1.82, 2.24) is 15.1 Å². The molecule has 11 heteroatoms. The van der Waals surface area contributed by atoms with E-state index in [2.05, 4.69) is 10.2 Å². The average molecular weight is 613 g/mol. The van der Waals surface area contributed by atoms with Gasteiger partial charge in [-0.1, -0.05) is 35.9 Å². The van der Waals surface area contributed by atoms with E-state index in [0.717, 1.165) is 16.8 Å². The molecule has 232 valence electrons. The highest BCUT2D eigenvalue weighted by atomic mass is 35.5. The van der Waals surface area contributed by atoms with E-state index in [1.165, 1.54) is 0 Å². The van der Waals surface area contributed by atoms with Gasteiger partial charge in [0.15, 0.2) is 0 Å². The third-order valence-electron chi connectivity index (χ3n) is 7.40. The predicted molar refractivity (Wildman–Crippen MR) is 164 cm³/mol. The van der Waals surface area contributed by atoms with Crippen LogP contribution in [-0.4, -0.2) is 91.2 Å². The van der Waals surface area contributed by atoms with Crippen molar-refractivity contribution in [3.63, 3.8) is 0 Å². The van der Waals surface area contributed by atoms with Gasteiger partial charge in [0.2, 0.25) is 5.91 Å². The summed E-state index contributed by atoms with van der Waals surface area (Å²) in [5, 5.41) is 3.47. The Morgan fingerprint density at radius 1 is 1.02 bits per heavy atom. The molecule has 2 heterocycles. The van der Waals surface area contributed by atoms with E-state index in [4.69, 9.17) is 21.1 Å². The fraction of sp³-hybridized carbons (Fsp3) is 0.500. The monoisotopic (exact) mass is 612 g/mol. The number of hydrogen-bond donors (Lipinski definition) is 1. The number of fused-ring (bicyclic) bond motifs is 1. The topological polar surface area (TPSA) is 108 Å². The minimum atomic E-state index is -0.548. The Labute approximate surface area is 258 Å². The van der Waals surface area contributed by atoms with E-state index < -0.39 is 17.6 Å². The summed E-state index contributed by atoms with van der Waals surface area (Å²) in [4.78, 5) is 56.7. The van der Waals surface area contributed by atoms with E-state index in [0.29, 0.717) is 56.2 Å². The van der Waals surface area contributed by atoms with Crippen molar-refractivity contribution >= 4 is 41.2 Å². The number of anilines is 1. The van der Waals surface area contributed by atoms with Gasteiger partial charge in [-0.15, -0.1) is 0 Å². The standard InChI is InChI=1S/C32H41ClN4O6/c1-5-42-29(39)19-24(18-23-8-6-7-9-27(23)33)34-28(38)21-37-13-12-22-10-11-25(20-26(22)30(37)40)35-14-16-36(17-15-35)31(41)43-32(2,3)4/h6-11,20,24H,5,12-19,21H2,1-4H3,(H,34,38)/t24-/m1/s1. The van der Waals surface area contributed by atoms with Crippen molar-refractivity contribution in [2.45, 2.75) is 58.6 Å². The van der Waals surface area contributed by atoms with Crippen molar-refractivity contribution in [3.8, 4) is 0 Å². The number of halogens is 1. The lowest BCUT2D eigenvalue weighted by molar-refractivity contribution is -0.143. The van der Waals surface area contributed by atoms with Crippen LogP contribution in [-0.2, 0) is 31.9 Å². The number of nitrogens with zero attached hydrogens (tertiary/aromatic N) is 3. The number of nitrogens with one attached hydrogen (secondary N) is 1. The lowest BCUT2D eigenvalue weighted by atomic mass is 9.97. The maximum Gasteiger partial charge on any atom is 0.410 e. The maximum atomic E-state index is 13.5. The number of ether oxygens (including phenoxy) is 2. The van der Waals surface area contributed by atoms with Crippen molar-refractivity contribution in [1.29, 1.82) is 0 Å². The zero-order valence-corrected chi connectivity index (χ0v) is 26.1. The first kappa shape index (κ1) is 32.1. The summed E-state index contributed by atoms with van der Waals surface area (Å²) in [6.07, 6.45) is 0.656. The Balaban J connectivity index is 1.38. The molecule has 1 atom stereocenters. The van der Waals surface area contributed by atoms with Crippen LogP contribution in [0.2, 0.25) is 5.02 Å². The van der Waals surface area contributed by atoms with Gasteiger partial charge in [-0.05, 0) is 69.9 Å². The van der Waals surface area contributed by atoms with Crippen LogP contribution in [0, 0.1) is 0 Å². The Kier molecular flexibility index (Phi) is 10.6. The van der Waals surface area contributed by atoms with Crippen LogP contribution < -0.4 is 10.2 Å². The number of esters is 1. The van der Waals surface area contributed by atoms with Crippen LogP contribution in [0.1, 0.15) is 55.6 Å². The molecule has 0 saturated carbocycles. The molecule has 4 rings (SSSR count). The highest BCUT2D eigenvalue weighted by Gasteiger charge is 2.30. The highest BCUT2D eigenvalue weighted by molar-refractivity contribution is 6.31. The second-order valence-electron chi connectivity index (χ2n) is 11.8. The van der Waals surface area contributed by atoms with Crippen LogP contribution in [0.3, 0.4) is 0 Å². The molecule has 0 spiro atoms. The molecule has 1 saturated heterocycles. The summed E-state index contributed by atoms with van der Waals surface area (Å²) in [7, 11) is 0. The summed E-state index contributed by atoms with van der Waals surface area (Å²) >= 11 is 6.33. The zero-order valence-electron chi connectivity index (χ0n) is 25.4. The molecule has 2 aromatic carbocycles. The highest BCUT2D eigenvalue weighted by Crippen LogP contribution is 2.26. The van der Waals surface area contributed by atoms with Gasteiger partial charge in [0.1, 0.15) is 5.60 Å². The second-order valence-corrected chi connectivity index (χ2v) is 12.2. The molecule has 1 fully saturated rings. The SMILES string of the molecule is CCOC(=O)C[C@@H](Cc1ccccc1Cl)NC(=O)CN1CCc2ccc(N3CCN(C(=O)OC(C)(C)C)CC3)cc2C1=O. The summed E-state index contributed by atoms with van der Waals surface area (Å²) in [5.41, 5.74) is 2.67. The third-order valence-corrected chi connectivity index (χ3v) is 7.77. The fourth-order valence-corrected chi connectivity index (χ4v) is 5.51. The van der Waals surface area contributed by atoms with E-state index in [1.807, 2.05) is 57.2 Å². The molecule has 0 unspecified atom stereocenters. The molecular weight excluding hydrogens is 572 g/mol. The van der Waals surface area contributed by atoms with Gasteiger partial charge in [-0.2, -0.15) is 0 Å². The predicted octanol–water partition coefficient (Wildman–Crippen LogP) is 4.08.